The Bertz CT molecular complexity index is 1130. The van der Waals surface area contributed by atoms with Crippen LogP contribution in [0.1, 0.15) is 49.7 Å². The summed E-state index contributed by atoms with van der Waals surface area (Å²) in [5.74, 6) is 0.554. The van der Waals surface area contributed by atoms with Crippen LogP contribution in [0.2, 0.25) is 0 Å². The summed E-state index contributed by atoms with van der Waals surface area (Å²) >= 11 is 0. The summed E-state index contributed by atoms with van der Waals surface area (Å²) in [6.45, 7) is 5.11. The molecule has 0 spiro atoms. The fraction of sp³-hybridized carbons (Fsp3) is 0.450. The van der Waals surface area contributed by atoms with Gasteiger partial charge < -0.3 is 15.0 Å². The Morgan fingerprint density at radius 3 is 2.66 bits per heavy atom. The van der Waals surface area contributed by atoms with Crippen molar-refractivity contribution in [1.82, 2.24) is 19.5 Å². The Kier molecular flexibility index (Phi) is 3.74. The quantitative estimate of drug-likeness (QED) is 0.693. The number of fused-ring (bicyclic) bond motifs is 3. The van der Waals surface area contributed by atoms with Gasteiger partial charge in [-0.15, -0.1) is 0 Å². The average Bonchev–Trinajstić information content (AvgIpc) is 3.41. The Balaban J connectivity index is 1.74. The van der Waals surface area contributed by atoms with Crippen LogP contribution in [-0.4, -0.2) is 26.1 Å². The van der Waals surface area contributed by atoms with Gasteiger partial charge in [0.05, 0.1) is 29.1 Å². The Hall–Kier alpha value is -2.68. The Labute approximate surface area is 164 Å². The van der Waals surface area contributed by atoms with Crippen molar-refractivity contribution in [3.8, 4) is 11.3 Å². The third kappa shape index (κ3) is 2.95. The number of anilines is 1. The van der Waals surface area contributed by atoms with Crippen molar-refractivity contribution in [2.75, 3.05) is 12.3 Å². The second-order valence-electron chi connectivity index (χ2n) is 8.14. The van der Waals surface area contributed by atoms with Crippen molar-refractivity contribution in [3.05, 3.63) is 35.4 Å². The fourth-order valence-corrected chi connectivity index (χ4v) is 3.92. The summed E-state index contributed by atoms with van der Waals surface area (Å²) < 4.78 is 47.9. The third-order valence-electron chi connectivity index (χ3n) is 5.56. The number of nitrogens with zero attached hydrogens (tertiary/aromatic N) is 4. The van der Waals surface area contributed by atoms with E-state index in [-0.39, 0.29) is 11.5 Å². The predicted molar refractivity (Wildman–Crippen MR) is 101 cm³/mol. The maximum Gasteiger partial charge on any atom is 0.419 e. The van der Waals surface area contributed by atoms with Crippen LogP contribution in [0.4, 0.5) is 19.0 Å². The zero-order chi connectivity index (χ0) is 20.6. The van der Waals surface area contributed by atoms with E-state index < -0.39 is 23.2 Å². The average molecular weight is 403 g/mol. The second-order valence-corrected chi connectivity index (χ2v) is 8.14. The van der Waals surface area contributed by atoms with Gasteiger partial charge in [0, 0.05) is 24.2 Å². The second kappa shape index (κ2) is 5.91. The molecule has 3 aromatic heterocycles. The van der Waals surface area contributed by atoms with E-state index in [0.717, 1.165) is 41.5 Å². The van der Waals surface area contributed by atoms with Crippen molar-refractivity contribution in [2.45, 2.75) is 50.9 Å². The van der Waals surface area contributed by atoms with Crippen molar-refractivity contribution in [1.29, 1.82) is 0 Å². The van der Waals surface area contributed by atoms with Crippen molar-refractivity contribution < 1.29 is 17.9 Å². The summed E-state index contributed by atoms with van der Waals surface area (Å²) in [6, 6.07) is 2.82. The number of hydrogen-bond acceptors (Lipinski definition) is 5. The van der Waals surface area contributed by atoms with Gasteiger partial charge in [-0.25, -0.2) is 9.97 Å². The summed E-state index contributed by atoms with van der Waals surface area (Å²) in [5.41, 5.74) is 7.22. The topological polar surface area (TPSA) is 78.8 Å². The summed E-state index contributed by atoms with van der Waals surface area (Å²) in [6.07, 6.45) is -1.23. The molecule has 0 radical (unpaired) electrons. The van der Waals surface area contributed by atoms with Gasteiger partial charge in [-0.1, -0.05) is 0 Å². The van der Waals surface area contributed by atoms with Crippen LogP contribution < -0.4 is 5.73 Å². The number of ether oxygens (including phenoxy) is 1. The molecule has 0 bridgehead atoms. The number of nitrogen functional groups attached to an aromatic ring is 1. The minimum Gasteiger partial charge on any atom is -0.383 e. The van der Waals surface area contributed by atoms with E-state index in [2.05, 4.69) is 9.55 Å². The smallest absolute Gasteiger partial charge is 0.383 e. The number of imidazole rings is 1. The van der Waals surface area contributed by atoms with Gasteiger partial charge in [0.25, 0.3) is 0 Å². The van der Waals surface area contributed by atoms with Crippen LogP contribution >= 0.6 is 0 Å². The van der Waals surface area contributed by atoms with Crippen molar-refractivity contribution in [3.63, 3.8) is 0 Å². The zero-order valence-electron chi connectivity index (χ0n) is 16.0. The molecule has 1 saturated carbocycles. The molecule has 1 aliphatic heterocycles. The summed E-state index contributed by atoms with van der Waals surface area (Å²) in [4.78, 5) is 13.3. The zero-order valence-corrected chi connectivity index (χ0v) is 16.0. The van der Waals surface area contributed by atoms with E-state index in [9.17, 15) is 13.2 Å². The maximum atomic E-state index is 13.3. The molecule has 0 amide bonds. The molecule has 0 unspecified atom stereocenters. The first-order chi connectivity index (χ1) is 13.6. The van der Waals surface area contributed by atoms with Crippen molar-refractivity contribution >= 4 is 16.9 Å². The normalized spacial score (nSPS) is 18.8. The lowest BCUT2D eigenvalue weighted by Gasteiger charge is -2.30. The van der Waals surface area contributed by atoms with Gasteiger partial charge in [0.15, 0.2) is 0 Å². The summed E-state index contributed by atoms with van der Waals surface area (Å²) in [5, 5.41) is 0. The van der Waals surface area contributed by atoms with E-state index >= 15 is 0 Å². The van der Waals surface area contributed by atoms with E-state index in [1.165, 1.54) is 6.20 Å². The molecular weight excluding hydrogens is 383 g/mol. The number of halogens is 3. The van der Waals surface area contributed by atoms with Crippen LogP contribution in [0.15, 0.2) is 18.3 Å². The number of rotatable bonds is 2. The van der Waals surface area contributed by atoms with E-state index in [1.54, 1.807) is 6.07 Å². The van der Waals surface area contributed by atoms with Crippen LogP contribution in [0, 0.1) is 0 Å². The Morgan fingerprint density at radius 1 is 1.21 bits per heavy atom. The van der Waals surface area contributed by atoms with E-state index in [0.29, 0.717) is 18.8 Å². The lowest BCUT2D eigenvalue weighted by Crippen LogP contribution is -2.33. The minimum absolute atomic E-state index is 0.280. The number of hydrogen-bond donors (Lipinski definition) is 1. The maximum absolute atomic E-state index is 13.3. The van der Waals surface area contributed by atoms with E-state index in [4.69, 9.17) is 20.4 Å². The van der Waals surface area contributed by atoms with Gasteiger partial charge in [0.1, 0.15) is 22.8 Å². The highest BCUT2D eigenvalue weighted by molar-refractivity contribution is 5.84. The highest BCUT2D eigenvalue weighted by Gasteiger charge is 2.37. The number of nitrogens with two attached hydrogens (primary N) is 1. The highest BCUT2D eigenvalue weighted by Crippen LogP contribution is 2.44. The molecule has 5 rings (SSSR count). The molecule has 152 valence electrons. The first kappa shape index (κ1) is 18.4. The lowest BCUT2D eigenvalue weighted by atomic mass is 10.1. The standard InChI is InChI=1S/C20H20F3N5O/c1-19(2)18-27-16-14(28(18)5-6-29-19)8-13(26-15(16)10-3-4-10)11-7-12(20(21,22)23)17(24)25-9-11/h7-10H,3-6H2,1-2H3,(H2,24,25). The predicted octanol–water partition coefficient (Wildman–Crippen LogP) is 4.24. The molecule has 0 atom stereocenters. The highest BCUT2D eigenvalue weighted by atomic mass is 19.4. The monoisotopic (exact) mass is 403 g/mol. The molecule has 0 aromatic carbocycles. The molecule has 4 heterocycles. The molecule has 1 aliphatic carbocycles. The number of aromatic nitrogens is 4. The van der Waals surface area contributed by atoms with E-state index in [1.807, 2.05) is 13.8 Å². The minimum atomic E-state index is -4.58. The molecule has 29 heavy (non-hydrogen) atoms. The summed E-state index contributed by atoms with van der Waals surface area (Å²) in [7, 11) is 0. The largest absolute Gasteiger partial charge is 0.419 e. The molecule has 6 nitrogen and oxygen atoms in total. The molecule has 3 aromatic rings. The number of pyridine rings is 2. The molecule has 2 N–H and O–H groups in total. The number of alkyl halides is 3. The molecule has 9 heteroatoms. The first-order valence-corrected chi connectivity index (χ1v) is 9.54. The van der Waals surface area contributed by atoms with Gasteiger partial charge in [-0.05, 0) is 38.8 Å². The van der Waals surface area contributed by atoms with Crippen LogP contribution in [0.25, 0.3) is 22.3 Å². The SMILES string of the molecule is CC1(C)OCCn2c1nc1c(C3CC3)nc(-c3cnc(N)c(C(F)(F)F)c3)cc12. The third-order valence-corrected chi connectivity index (χ3v) is 5.56. The van der Waals surface area contributed by atoms with Crippen LogP contribution in [0.5, 0.6) is 0 Å². The first-order valence-electron chi connectivity index (χ1n) is 9.54. The molecule has 1 fully saturated rings. The fourth-order valence-electron chi connectivity index (χ4n) is 3.92. The van der Waals surface area contributed by atoms with Crippen molar-refractivity contribution in [2.24, 2.45) is 0 Å². The Morgan fingerprint density at radius 2 is 1.97 bits per heavy atom. The molecule has 0 saturated heterocycles. The van der Waals surface area contributed by atoms with Gasteiger partial charge in [-0.3, -0.25) is 4.98 Å². The van der Waals surface area contributed by atoms with Crippen LogP contribution in [-0.2, 0) is 23.1 Å². The van der Waals surface area contributed by atoms with Gasteiger partial charge in [0.2, 0.25) is 0 Å². The van der Waals surface area contributed by atoms with Gasteiger partial charge in [-0.2, -0.15) is 13.2 Å². The lowest BCUT2D eigenvalue weighted by molar-refractivity contribution is -0.137. The van der Waals surface area contributed by atoms with Gasteiger partial charge >= 0.3 is 6.18 Å². The molecule has 2 aliphatic rings. The molecular formula is C20H20F3N5O. The van der Waals surface area contributed by atoms with Crippen LogP contribution in [0.3, 0.4) is 0 Å².